The number of aliphatic carboxylic acids is 1. The molecule has 0 spiro atoms. The van der Waals surface area contributed by atoms with E-state index in [9.17, 15) is 9.59 Å². The van der Waals surface area contributed by atoms with Gasteiger partial charge in [-0.15, -0.1) is 0 Å². The van der Waals surface area contributed by atoms with Gasteiger partial charge >= 0.3 is 12.0 Å². The Morgan fingerprint density at radius 2 is 1.94 bits per heavy atom. The van der Waals surface area contributed by atoms with Gasteiger partial charge in [0.2, 0.25) is 0 Å². The minimum absolute atomic E-state index is 0.0675. The minimum atomic E-state index is -0.850. The predicted octanol–water partition coefficient (Wildman–Crippen LogP) is 1.66. The molecule has 0 aliphatic rings. The molecule has 2 amide bonds. The Labute approximate surface area is 106 Å². The highest BCUT2D eigenvalue weighted by atomic mass is 16.4. The van der Waals surface area contributed by atoms with Crippen molar-refractivity contribution in [3.05, 3.63) is 35.4 Å². The summed E-state index contributed by atoms with van der Waals surface area (Å²) in [4.78, 5) is 21.7. The number of nitrogens with one attached hydrogen (secondary N) is 2. The summed E-state index contributed by atoms with van der Waals surface area (Å²) in [5, 5.41) is 13.8. The first kappa shape index (κ1) is 14.0. The largest absolute Gasteiger partial charge is 0.481 e. The molecule has 0 bridgehead atoms. The highest BCUT2D eigenvalue weighted by Gasteiger charge is 2.02. The molecule has 0 fully saturated rings. The van der Waals surface area contributed by atoms with Gasteiger partial charge in [0, 0.05) is 19.5 Å². The van der Waals surface area contributed by atoms with Gasteiger partial charge in [-0.1, -0.05) is 24.3 Å². The molecule has 5 heteroatoms. The Bertz CT molecular complexity index is 418. The van der Waals surface area contributed by atoms with Crippen molar-refractivity contribution < 1.29 is 14.7 Å². The van der Waals surface area contributed by atoms with Gasteiger partial charge in [0.25, 0.3) is 0 Å². The first-order valence-electron chi connectivity index (χ1n) is 5.87. The molecule has 0 saturated heterocycles. The average Bonchev–Trinajstić information content (AvgIpc) is 2.33. The van der Waals surface area contributed by atoms with Crippen molar-refractivity contribution in [3.63, 3.8) is 0 Å². The molecule has 0 radical (unpaired) electrons. The fraction of sp³-hybridized carbons (Fsp3) is 0.385. The van der Waals surface area contributed by atoms with E-state index in [0.717, 1.165) is 11.1 Å². The van der Waals surface area contributed by atoms with Gasteiger partial charge in [-0.05, 0) is 24.5 Å². The Morgan fingerprint density at radius 1 is 1.22 bits per heavy atom. The molecule has 1 aromatic carbocycles. The van der Waals surface area contributed by atoms with Crippen molar-refractivity contribution in [1.82, 2.24) is 10.6 Å². The summed E-state index contributed by atoms with van der Waals surface area (Å²) in [5.41, 5.74) is 2.20. The topological polar surface area (TPSA) is 78.4 Å². The lowest BCUT2D eigenvalue weighted by molar-refractivity contribution is -0.137. The van der Waals surface area contributed by atoms with E-state index in [1.165, 1.54) is 0 Å². The van der Waals surface area contributed by atoms with Crippen LogP contribution in [0.25, 0.3) is 0 Å². The molecule has 1 aromatic rings. The summed E-state index contributed by atoms with van der Waals surface area (Å²) in [5.74, 6) is -0.850. The third kappa shape index (κ3) is 5.34. The first-order valence-corrected chi connectivity index (χ1v) is 5.87. The third-order valence-corrected chi connectivity index (χ3v) is 2.55. The lowest BCUT2D eigenvalue weighted by atomic mass is 10.1. The number of benzene rings is 1. The fourth-order valence-corrected chi connectivity index (χ4v) is 1.49. The van der Waals surface area contributed by atoms with Crippen LogP contribution in [-0.4, -0.2) is 23.7 Å². The van der Waals surface area contributed by atoms with Crippen molar-refractivity contribution in [3.8, 4) is 0 Å². The van der Waals surface area contributed by atoms with Crippen LogP contribution in [0.15, 0.2) is 24.3 Å². The van der Waals surface area contributed by atoms with E-state index in [1.807, 2.05) is 31.2 Å². The van der Waals surface area contributed by atoms with Gasteiger partial charge in [0.15, 0.2) is 0 Å². The van der Waals surface area contributed by atoms with Gasteiger partial charge in [0.1, 0.15) is 0 Å². The summed E-state index contributed by atoms with van der Waals surface area (Å²) in [6.07, 6.45) is 0.505. The molecule has 0 aromatic heterocycles. The van der Waals surface area contributed by atoms with Crippen LogP contribution in [0.1, 0.15) is 24.0 Å². The number of aryl methyl sites for hydroxylation is 1. The highest BCUT2D eigenvalue weighted by Crippen LogP contribution is 2.05. The first-order chi connectivity index (χ1) is 8.59. The maximum absolute atomic E-state index is 11.4. The van der Waals surface area contributed by atoms with Crippen molar-refractivity contribution >= 4 is 12.0 Å². The van der Waals surface area contributed by atoms with Crippen LogP contribution >= 0.6 is 0 Å². The molecule has 0 unspecified atom stereocenters. The van der Waals surface area contributed by atoms with Gasteiger partial charge in [0.05, 0.1) is 0 Å². The summed E-state index contributed by atoms with van der Waals surface area (Å²) >= 11 is 0. The van der Waals surface area contributed by atoms with E-state index < -0.39 is 5.97 Å². The molecule has 0 aliphatic heterocycles. The zero-order valence-corrected chi connectivity index (χ0v) is 10.4. The van der Waals surface area contributed by atoms with Crippen LogP contribution in [0.3, 0.4) is 0 Å². The van der Waals surface area contributed by atoms with E-state index in [4.69, 9.17) is 5.11 Å². The molecule has 0 heterocycles. The Hall–Kier alpha value is -2.04. The monoisotopic (exact) mass is 250 g/mol. The number of carboxylic acids is 1. The van der Waals surface area contributed by atoms with Crippen LogP contribution in [-0.2, 0) is 11.3 Å². The normalized spacial score (nSPS) is 9.83. The number of carboxylic acid groups (broad SMARTS) is 1. The molecule has 5 nitrogen and oxygen atoms in total. The number of carbonyl (C=O) groups excluding carboxylic acids is 1. The minimum Gasteiger partial charge on any atom is -0.481 e. The van der Waals surface area contributed by atoms with Crippen LogP contribution in [0.5, 0.6) is 0 Å². The molecule has 0 aliphatic carbocycles. The number of urea groups is 1. The Kier molecular flexibility index (Phi) is 5.70. The Balaban J connectivity index is 2.21. The van der Waals surface area contributed by atoms with Crippen molar-refractivity contribution in [1.29, 1.82) is 0 Å². The van der Waals surface area contributed by atoms with Crippen molar-refractivity contribution in [2.75, 3.05) is 6.54 Å². The summed E-state index contributed by atoms with van der Waals surface area (Å²) in [7, 11) is 0. The number of rotatable bonds is 6. The maximum Gasteiger partial charge on any atom is 0.315 e. The highest BCUT2D eigenvalue weighted by molar-refractivity contribution is 5.74. The van der Waals surface area contributed by atoms with E-state index in [-0.39, 0.29) is 12.5 Å². The smallest absolute Gasteiger partial charge is 0.315 e. The van der Waals surface area contributed by atoms with E-state index in [1.54, 1.807) is 0 Å². The van der Waals surface area contributed by atoms with E-state index >= 15 is 0 Å². The second-order valence-electron chi connectivity index (χ2n) is 4.03. The van der Waals surface area contributed by atoms with Crippen molar-refractivity contribution in [2.45, 2.75) is 26.3 Å². The van der Waals surface area contributed by atoms with Crippen molar-refractivity contribution in [2.24, 2.45) is 0 Å². The SMILES string of the molecule is Cc1ccccc1CNC(=O)NCCCC(=O)O. The summed E-state index contributed by atoms with van der Waals surface area (Å²) in [6.45, 7) is 2.82. The zero-order chi connectivity index (χ0) is 13.4. The molecule has 0 saturated carbocycles. The lowest BCUT2D eigenvalue weighted by Crippen LogP contribution is -2.35. The van der Waals surface area contributed by atoms with Crippen LogP contribution in [0.2, 0.25) is 0 Å². The average molecular weight is 250 g/mol. The fourth-order valence-electron chi connectivity index (χ4n) is 1.49. The Morgan fingerprint density at radius 3 is 2.61 bits per heavy atom. The van der Waals surface area contributed by atoms with Crippen LogP contribution in [0, 0.1) is 6.92 Å². The second kappa shape index (κ2) is 7.32. The summed E-state index contributed by atoms with van der Waals surface area (Å²) in [6, 6.07) is 7.55. The van der Waals surface area contributed by atoms with Crippen LogP contribution < -0.4 is 10.6 Å². The molecule has 98 valence electrons. The predicted molar refractivity (Wildman–Crippen MR) is 68.3 cm³/mol. The van der Waals surface area contributed by atoms with Gasteiger partial charge < -0.3 is 15.7 Å². The van der Waals surface area contributed by atoms with E-state index in [2.05, 4.69) is 10.6 Å². The molecular weight excluding hydrogens is 232 g/mol. The molecular formula is C13H18N2O3. The maximum atomic E-state index is 11.4. The number of hydrogen-bond acceptors (Lipinski definition) is 2. The molecule has 0 atom stereocenters. The van der Waals surface area contributed by atoms with E-state index in [0.29, 0.717) is 19.5 Å². The third-order valence-electron chi connectivity index (χ3n) is 2.55. The lowest BCUT2D eigenvalue weighted by Gasteiger charge is -2.08. The number of carbonyl (C=O) groups is 2. The molecule has 18 heavy (non-hydrogen) atoms. The number of hydrogen-bond donors (Lipinski definition) is 3. The number of amides is 2. The van der Waals surface area contributed by atoms with Gasteiger partial charge in [-0.2, -0.15) is 0 Å². The standard InChI is InChI=1S/C13H18N2O3/c1-10-5-2-3-6-11(10)9-15-13(18)14-8-4-7-12(16)17/h2-3,5-6H,4,7-9H2,1H3,(H,16,17)(H2,14,15,18). The summed E-state index contributed by atoms with van der Waals surface area (Å²) < 4.78 is 0. The van der Waals surface area contributed by atoms with Crippen LogP contribution in [0.4, 0.5) is 4.79 Å². The zero-order valence-electron chi connectivity index (χ0n) is 10.4. The van der Waals surface area contributed by atoms with Gasteiger partial charge in [-0.3, -0.25) is 4.79 Å². The second-order valence-corrected chi connectivity index (χ2v) is 4.03. The van der Waals surface area contributed by atoms with Gasteiger partial charge in [-0.25, -0.2) is 4.79 Å². The molecule has 1 rings (SSSR count). The molecule has 3 N–H and O–H groups in total. The quantitative estimate of drug-likeness (QED) is 0.672.